The average molecular weight is 372 g/mol. The summed E-state index contributed by atoms with van der Waals surface area (Å²) >= 11 is 4.88. The summed E-state index contributed by atoms with van der Waals surface area (Å²) in [6, 6.07) is 1.91. The van der Waals surface area contributed by atoms with Gasteiger partial charge in [0, 0.05) is 10.4 Å². The molecule has 0 saturated heterocycles. The Morgan fingerprint density at radius 1 is 1.57 bits per heavy atom. The highest BCUT2D eigenvalue weighted by molar-refractivity contribution is 9.10. The van der Waals surface area contributed by atoms with Gasteiger partial charge < -0.3 is 4.84 Å². The van der Waals surface area contributed by atoms with E-state index in [-0.39, 0.29) is 29.0 Å². The summed E-state index contributed by atoms with van der Waals surface area (Å²) in [5, 5.41) is 5.65. The minimum absolute atomic E-state index is 0.0564. The van der Waals surface area contributed by atoms with Gasteiger partial charge in [0.05, 0.1) is 17.5 Å². The van der Waals surface area contributed by atoms with Crippen LogP contribution in [0.4, 0.5) is 0 Å². The maximum absolute atomic E-state index is 11.8. The molecule has 0 spiro atoms. The summed E-state index contributed by atoms with van der Waals surface area (Å²) in [5.74, 6) is 0.0904. The number of hydrogen-bond donors (Lipinski definition) is 0. The van der Waals surface area contributed by atoms with Crippen molar-refractivity contribution in [2.45, 2.75) is 33.6 Å². The number of rotatable bonds is 5. The number of carbonyl (C=O) groups excluding carboxylic acids is 2. The zero-order valence-corrected chi connectivity index (χ0v) is 14.7. The molecule has 0 aromatic carbocycles. The Morgan fingerprint density at radius 2 is 2.29 bits per heavy atom. The van der Waals surface area contributed by atoms with Crippen LogP contribution in [0, 0.1) is 17.3 Å². The molecule has 0 N–H and O–H groups in total. The van der Waals surface area contributed by atoms with Crippen molar-refractivity contribution in [3.05, 3.63) is 20.8 Å². The smallest absolute Gasteiger partial charge is 0.318 e. The largest absolute Gasteiger partial charge is 0.335 e. The Balaban J connectivity index is 1.82. The van der Waals surface area contributed by atoms with Crippen LogP contribution in [0.3, 0.4) is 0 Å². The first-order chi connectivity index (χ1) is 9.82. The number of halogens is 1. The standard InChI is InChI=1S/C15H18BrNO3S/c1-9(18)11-6-10(15(11,2)3)7-14(19)20-17-8-13-12(16)4-5-21-13/h4-5,8,10-11H,6-7H2,1-3H3/t10-,11+/m0/s1. The summed E-state index contributed by atoms with van der Waals surface area (Å²) in [5.41, 5.74) is -0.134. The number of Topliss-reactive ketones (excluding diaryl/α,β-unsaturated/α-hetero) is 1. The highest BCUT2D eigenvalue weighted by Gasteiger charge is 2.50. The van der Waals surface area contributed by atoms with E-state index in [0.717, 1.165) is 15.8 Å². The molecular formula is C15H18BrNO3S. The maximum atomic E-state index is 11.8. The summed E-state index contributed by atoms with van der Waals surface area (Å²) in [4.78, 5) is 29.1. The molecule has 1 heterocycles. The van der Waals surface area contributed by atoms with Crippen molar-refractivity contribution in [3.8, 4) is 0 Å². The van der Waals surface area contributed by atoms with Crippen molar-refractivity contribution in [2.24, 2.45) is 22.4 Å². The highest BCUT2D eigenvalue weighted by Crippen LogP contribution is 2.53. The summed E-state index contributed by atoms with van der Waals surface area (Å²) < 4.78 is 0.928. The van der Waals surface area contributed by atoms with Crippen molar-refractivity contribution >= 4 is 45.2 Å². The van der Waals surface area contributed by atoms with E-state index in [1.54, 1.807) is 6.92 Å². The van der Waals surface area contributed by atoms with Crippen LogP contribution < -0.4 is 0 Å². The van der Waals surface area contributed by atoms with Crippen LogP contribution in [0.25, 0.3) is 0 Å². The minimum Gasteiger partial charge on any atom is -0.318 e. The van der Waals surface area contributed by atoms with Crippen molar-refractivity contribution in [1.82, 2.24) is 0 Å². The van der Waals surface area contributed by atoms with Crippen LogP contribution in [0.15, 0.2) is 21.1 Å². The second-order valence-electron chi connectivity index (χ2n) is 5.95. The van der Waals surface area contributed by atoms with E-state index in [1.807, 2.05) is 25.3 Å². The summed E-state index contributed by atoms with van der Waals surface area (Å²) in [6.07, 6.45) is 2.59. The first-order valence-electron chi connectivity index (χ1n) is 6.79. The van der Waals surface area contributed by atoms with Crippen LogP contribution in [-0.2, 0) is 14.4 Å². The number of nitrogens with zero attached hydrogens (tertiary/aromatic N) is 1. The lowest BCUT2D eigenvalue weighted by atomic mass is 9.53. The zero-order chi connectivity index (χ0) is 15.6. The van der Waals surface area contributed by atoms with E-state index in [1.165, 1.54) is 17.6 Å². The van der Waals surface area contributed by atoms with Crippen molar-refractivity contribution in [3.63, 3.8) is 0 Å². The zero-order valence-electron chi connectivity index (χ0n) is 12.3. The van der Waals surface area contributed by atoms with Gasteiger partial charge in [0.1, 0.15) is 5.78 Å². The molecular weight excluding hydrogens is 354 g/mol. The van der Waals surface area contributed by atoms with Crippen LogP contribution in [0.1, 0.15) is 38.5 Å². The second kappa shape index (κ2) is 6.40. The Labute approximate surface area is 136 Å². The van der Waals surface area contributed by atoms with Gasteiger partial charge in [0.25, 0.3) is 0 Å². The molecule has 1 aromatic rings. The van der Waals surface area contributed by atoms with Crippen LogP contribution >= 0.6 is 27.3 Å². The Hall–Kier alpha value is -1.01. The number of oxime groups is 1. The van der Waals surface area contributed by atoms with E-state index in [9.17, 15) is 9.59 Å². The molecule has 1 aliphatic rings. The van der Waals surface area contributed by atoms with E-state index < -0.39 is 0 Å². The fraction of sp³-hybridized carbons (Fsp3) is 0.533. The SMILES string of the molecule is CC(=O)[C@H]1C[C@@H](CC(=O)ON=Cc2sccc2Br)C1(C)C. The average Bonchev–Trinajstić information content (AvgIpc) is 2.79. The van der Waals surface area contributed by atoms with E-state index in [0.29, 0.717) is 6.42 Å². The van der Waals surface area contributed by atoms with Gasteiger partial charge in [-0.1, -0.05) is 19.0 Å². The molecule has 6 heteroatoms. The molecule has 1 fully saturated rings. The number of ketones is 1. The predicted octanol–water partition coefficient (Wildman–Crippen LogP) is 4.03. The molecule has 114 valence electrons. The monoisotopic (exact) mass is 371 g/mol. The molecule has 0 unspecified atom stereocenters. The lowest BCUT2D eigenvalue weighted by Gasteiger charge is -2.50. The Bertz CT molecular complexity index is 579. The van der Waals surface area contributed by atoms with E-state index in [4.69, 9.17) is 4.84 Å². The Kier molecular flexibility index (Phi) is 4.99. The van der Waals surface area contributed by atoms with Gasteiger partial charge in [-0.05, 0) is 52.1 Å². The molecule has 2 rings (SSSR count). The molecule has 1 saturated carbocycles. The number of thiophene rings is 1. The third-order valence-corrected chi connectivity index (χ3v) is 6.15. The molecule has 0 bridgehead atoms. The molecule has 1 aliphatic carbocycles. The third kappa shape index (κ3) is 3.61. The predicted molar refractivity (Wildman–Crippen MR) is 86.4 cm³/mol. The quantitative estimate of drug-likeness (QED) is 0.446. The van der Waals surface area contributed by atoms with Crippen LogP contribution in [-0.4, -0.2) is 18.0 Å². The Morgan fingerprint density at radius 3 is 2.81 bits per heavy atom. The van der Waals surface area contributed by atoms with E-state index >= 15 is 0 Å². The van der Waals surface area contributed by atoms with Gasteiger partial charge in [0.15, 0.2) is 0 Å². The van der Waals surface area contributed by atoms with Crippen LogP contribution in [0.5, 0.6) is 0 Å². The van der Waals surface area contributed by atoms with Crippen LogP contribution in [0.2, 0.25) is 0 Å². The van der Waals surface area contributed by atoms with Gasteiger partial charge in [-0.3, -0.25) is 4.79 Å². The molecule has 21 heavy (non-hydrogen) atoms. The summed E-state index contributed by atoms with van der Waals surface area (Å²) in [7, 11) is 0. The van der Waals surface area contributed by atoms with Crippen molar-refractivity contribution < 1.29 is 14.4 Å². The van der Waals surface area contributed by atoms with Crippen molar-refractivity contribution in [2.75, 3.05) is 0 Å². The molecule has 2 atom stereocenters. The molecule has 4 nitrogen and oxygen atoms in total. The fourth-order valence-electron chi connectivity index (χ4n) is 2.82. The lowest BCUT2D eigenvalue weighted by molar-refractivity contribution is -0.153. The minimum atomic E-state index is -0.348. The fourth-order valence-corrected chi connectivity index (χ4v) is 4.15. The normalized spacial score (nSPS) is 23.8. The maximum Gasteiger partial charge on any atom is 0.335 e. The highest BCUT2D eigenvalue weighted by atomic mass is 79.9. The van der Waals surface area contributed by atoms with Gasteiger partial charge >= 0.3 is 5.97 Å². The van der Waals surface area contributed by atoms with Gasteiger partial charge in [0.2, 0.25) is 0 Å². The first-order valence-corrected chi connectivity index (χ1v) is 8.46. The lowest BCUT2D eigenvalue weighted by Crippen LogP contribution is -2.48. The van der Waals surface area contributed by atoms with E-state index in [2.05, 4.69) is 21.1 Å². The summed E-state index contributed by atoms with van der Waals surface area (Å²) in [6.45, 7) is 5.68. The topological polar surface area (TPSA) is 55.7 Å². The first kappa shape index (κ1) is 16.4. The van der Waals surface area contributed by atoms with Crippen molar-refractivity contribution in [1.29, 1.82) is 0 Å². The van der Waals surface area contributed by atoms with Gasteiger partial charge in [-0.2, -0.15) is 0 Å². The molecule has 0 radical (unpaired) electrons. The second-order valence-corrected chi connectivity index (χ2v) is 7.75. The molecule has 0 aliphatic heterocycles. The number of carbonyl (C=O) groups is 2. The number of hydrogen-bond acceptors (Lipinski definition) is 5. The third-order valence-electron chi connectivity index (χ3n) is 4.34. The van der Waals surface area contributed by atoms with Gasteiger partial charge in [-0.25, -0.2) is 4.79 Å². The molecule has 0 amide bonds. The molecule has 1 aromatic heterocycles. The van der Waals surface area contributed by atoms with Gasteiger partial charge in [-0.15, -0.1) is 11.3 Å².